The number of anilines is 1. The van der Waals surface area contributed by atoms with E-state index >= 15 is 0 Å². The molecule has 8 heteroatoms. The third-order valence-corrected chi connectivity index (χ3v) is 3.12. The van der Waals surface area contributed by atoms with E-state index < -0.39 is 5.97 Å². The van der Waals surface area contributed by atoms with Crippen LogP contribution in [0.5, 0.6) is 5.88 Å². The summed E-state index contributed by atoms with van der Waals surface area (Å²) in [5.41, 5.74) is 6.31. The SMILES string of the molecule is COC(=O)c1ncn(-c2ccc(N)c(OCC3CC3)n2)n1. The van der Waals surface area contributed by atoms with Crippen LogP contribution in [0.2, 0.25) is 0 Å². The molecule has 2 heterocycles. The highest BCUT2D eigenvalue weighted by atomic mass is 16.5. The van der Waals surface area contributed by atoms with Crippen LogP contribution in [0.25, 0.3) is 5.82 Å². The first-order chi connectivity index (χ1) is 10.2. The van der Waals surface area contributed by atoms with E-state index in [0.717, 1.165) is 0 Å². The summed E-state index contributed by atoms with van der Waals surface area (Å²) in [7, 11) is 1.27. The second-order valence-corrected chi connectivity index (χ2v) is 4.82. The van der Waals surface area contributed by atoms with Gasteiger partial charge >= 0.3 is 5.97 Å². The molecule has 0 spiro atoms. The Kier molecular flexibility index (Phi) is 3.43. The molecule has 3 rings (SSSR count). The zero-order valence-corrected chi connectivity index (χ0v) is 11.5. The predicted octanol–water partition coefficient (Wildman–Crippen LogP) is 0.820. The fourth-order valence-corrected chi connectivity index (χ4v) is 1.72. The summed E-state index contributed by atoms with van der Waals surface area (Å²) < 4.78 is 11.5. The van der Waals surface area contributed by atoms with Gasteiger partial charge in [-0.3, -0.25) is 0 Å². The number of pyridine rings is 1. The number of ether oxygens (including phenoxy) is 2. The van der Waals surface area contributed by atoms with Gasteiger partial charge < -0.3 is 15.2 Å². The summed E-state index contributed by atoms with van der Waals surface area (Å²) in [5.74, 6) is 0.810. The van der Waals surface area contributed by atoms with Gasteiger partial charge in [0.05, 0.1) is 19.4 Å². The van der Waals surface area contributed by atoms with Crippen LogP contribution >= 0.6 is 0 Å². The average molecular weight is 289 g/mol. The summed E-state index contributed by atoms with van der Waals surface area (Å²) in [6.45, 7) is 0.616. The standard InChI is InChI=1S/C13H15N5O3/c1-20-13(19)11-15-7-18(17-11)10-5-4-9(14)12(16-10)21-6-8-2-3-8/h4-5,7-8H,2-3,6,14H2,1H3. The Balaban J connectivity index is 1.82. The second-order valence-electron chi connectivity index (χ2n) is 4.82. The predicted molar refractivity (Wildman–Crippen MR) is 73.1 cm³/mol. The number of carbonyl (C=O) groups is 1. The van der Waals surface area contributed by atoms with Crippen LogP contribution in [0.4, 0.5) is 5.69 Å². The maximum atomic E-state index is 11.3. The summed E-state index contributed by atoms with van der Waals surface area (Å²) >= 11 is 0. The zero-order valence-electron chi connectivity index (χ0n) is 11.5. The number of esters is 1. The summed E-state index contributed by atoms with van der Waals surface area (Å²) in [6.07, 6.45) is 3.76. The van der Waals surface area contributed by atoms with Crippen molar-refractivity contribution in [1.29, 1.82) is 0 Å². The summed E-state index contributed by atoms with van der Waals surface area (Å²) in [6, 6.07) is 3.36. The van der Waals surface area contributed by atoms with Crippen molar-refractivity contribution in [3.63, 3.8) is 0 Å². The minimum Gasteiger partial charge on any atom is -0.476 e. The molecule has 21 heavy (non-hydrogen) atoms. The maximum absolute atomic E-state index is 11.3. The molecule has 0 saturated heterocycles. The summed E-state index contributed by atoms with van der Waals surface area (Å²) in [4.78, 5) is 19.5. The molecule has 2 aromatic rings. The molecule has 0 amide bonds. The number of rotatable bonds is 5. The fourth-order valence-electron chi connectivity index (χ4n) is 1.72. The van der Waals surface area contributed by atoms with E-state index in [1.807, 2.05) is 0 Å². The number of hydrogen-bond acceptors (Lipinski definition) is 7. The highest BCUT2D eigenvalue weighted by Crippen LogP contribution is 2.30. The fraction of sp³-hybridized carbons (Fsp3) is 0.385. The third kappa shape index (κ3) is 2.93. The van der Waals surface area contributed by atoms with E-state index in [9.17, 15) is 4.79 Å². The van der Waals surface area contributed by atoms with Gasteiger partial charge in [0, 0.05) is 0 Å². The number of nitrogen functional groups attached to an aromatic ring is 1. The number of nitrogens with two attached hydrogens (primary N) is 1. The molecule has 2 aromatic heterocycles. The molecule has 0 radical (unpaired) electrons. The van der Waals surface area contributed by atoms with Crippen LogP contribution in [0.1, 0.15) is 23.5 Å². The van der Waals surface area contributed by atoms with Crippen molar-refractivity contribution >= 4 is 11.7 Å². The van der Waals surface area contributed by atoms with E-state index in [1.54, 1.807) is 12.1 Å². The normalized spacial score (nSPS) is 14.0. The number of methoxy groups -OCH3 is 1. The first-order valence-electron chi connectivity index (χ1n) is 6.57. The van der Waals surface area contributed by atoms with E-state index in [1.165, 1.54) is 31.0 Å². The second kappa shape index (κ2) is 5.39. The van der Waals surface area contributed by atoms with Crippen molar-refractivity contribution in [1.82, 2.24) is 19.7 Å². The first-order valence-corrected chi connectivity index (χ1v) is 6.57. The van der Waals surface area contributed by atoms with Crippen molar-refractivity contribution in [2.45, 2.75) is 12.8 Å². The van der Waals surface area contributed by atoms with Crippen LogP contribution in [0.15, 0.2) is 18.5 Å². The van der Waals surface area contributed by atoms with Crippen molar-refractivity contribution in [3.05, 3.63) is 24.3 Å². The quantitative estimate of drug-likeness (QED) is 0.812. The first kappa shape index (κ1) is 13.3. The van der Waals surface area contributed by atoms with Crippen LogP contribution in [-0.4, -0.2) is 39.4 Å². The molecule has 0 unspecified atom stereocenters. The highest BCUT2D eigenvalue weighted by molar-refractivity contribution is 5.84. The molecule has 0 aromatic carbocycles. The third-order valence-electron chi connectivity index (χ3n) is 3.12. The Morgan fingerprint density at radius 1 is 1.48 bits per heavy atom. The molecule has 1 aliphatic carbocycles. The minimum atomic E-state index is -0.602. The molecule has 0 aliphatic heterocycles. The molecule has 0 bridgehead atoms. The maximum Gasteiger partial charge on any atom is 0.377 e. The molecular formula is C13H15N5O3. The molecule has 110 valence electrons. The smallest absolute Gasteiger partial charge is 0.377 e. The van der Waals surface area contributed by atoms with Gasteiger partial charge in [0.1, 0.15) is 6.33 Å². The van der Waals surface area contributed by atoms with E-state index in [4.69, 9.17) is 10.5 Å². The minimum absolute atomic E-state index is 0.0310. The Bertz CT molecular complexity index is 666. The number of hydrogen-bond donors (Lipinski definition) is 1. The van der Waals surface area contributed by atoms with Crippen LogP contribution in [-0.2, 0) is 4.74 Å². The molecule has 1 saturated carbocycles. The van der Waals surface area contributed by atoms with Gasteiger partial charge in [-0.1, -0.05) is 0 Å². The van der Waals surface area contributed by atoms with E-state index in [0.29, 0.717) is 29.9 Å². The lowest BCUT2D eigenvalue weighted by Crippen LogP contribution is -2.08. The Morgan fingerprint density at radius 2 is 2.29 bits per heavy atom. The van der Waals surface area contributed by atoms with Gasteiger partial charge in [0.2, 0.25) is 5.88 Å². The van der Waals surface area contributed by atoms with Gasteiger partial charge in [0.15, 0.2) is 5.82 Å². The van der Waals surface area contributed by atoms with E-state index in [2.05, 4.69) is 19.8 Å². The molecular weight excluding hydrogens is 274 g/mol. The van der Waals surface area contributed by atoms with Gasteiger partial charge in [-0.15, -0.1) is 5.10 Å². The van der Waals surface area contributed by atoms with Crippen molar-refractivity contribution in [3.8, 4) is 11.7 Å². The molecule has 8 nitrogen and oxygen atoms in total. The number of aromatic nitrogens is 4. The van der Waals surface area contributed by atoms with Crippen LogP contribution in [0, 0.1) is 5.92 Å². The van der Waals surface area contributed by atoms with Crippen molar-refractivity contribution < 1.29 is 14.3 Å². The zero-order chi connectivity index (χ0) is 14.8. The highest BCUT2D eigenvalue weighted by Gasteiger charge is 2.22. The van der Waals surface area contributed by atoms with Crippen molar-refractivity contribution in [2.24, 2.45) is 5.92 Å². The average Bonchev–Trinajstić information content (AvgIpc) is 3.20. The Morgan fingerprint density at radius 3 is 3.00 bits per heavy atom. The van der Waals surface area contributed by atoms with Crippen LogP contribution in [0.3, 0.4) is 0 Å². The molecule has 2 N–H and O–H groups in total. The van der Waals surface area contributed by atoms with Gasteiger partial charge in [-0.05, 0) is 30.9 Å². The van der Waals surface area contributed by atoms with Gasteiger partial charge in [-0.2, -0.15) is 4.98 Å². The number of carbonyl (C=O) groups excluding carboxylic acids is 1. The molecule has 1 aliphatic rings. The lowest BCUT2D eigenvalue weighted by atomic mass is 10.4. The van der Waals surface area contributed by atoms with Crippen LogP contribution < -0.4 is 10.5 Å². The topological polar surface area (TPSA) is 105 Å². The Hall–Kier alpha value is -2.64. The molecule has 0 atom stereocenters. The van der Waals surface area contributed by atoms with Crippen molar-refractivity contribution in [2.75, 3.05) is 19.5 Å². The number of nitrogens with zero attached hydrogens (tertiary/aromatic N) is 4. The lowest BCUT2D eigenvalue weighted by Gasteiger charge is -2.08. The van der Waals surface area contributed by atoms with Gasteiger partial charge in [0.25, 0.3) is 5.82 Å². The summed E-state index contributed by atoms with van der Waals surface area (Å²) in [5, 5.41) is 4.00. The lowest BCUT2D eigenvalue weighted by molar-refractivity contribution is 0.0587. The monoisotopic (exact) mass is 289 g/mol. The Labute approximate surface area is 120 Å². The largest absolute Gasteiger partial charge is 0.476 e. The van der Waals surface area contributed by atoms with E-state index in [-0.39, 0.29) is 5.82 Å². The van der Waals surface area contributed by atoms with Gasteiger partial charge in [-0.25, -0.2) is 14.5 Å². The molecule has 1 fully saturated rings.